The minimum Gasteiger partial charge on any atom is -0.345 e. The van der Waals surface area contributed by atoms with Gasteiger partial charge in [0.25, 0.3) is 0 Å². The van der Waals surface area contributed by atoms with Gasteiger partial charge in [-0.1, -0.05) is 11.6 Å². The number of anilines is 1. The fourth-order valence-corrected chi connectivity index (χ4v) is 5.27. The number of carbonyl (C=O) groups is 1. The molecule has 4 heterocycles. The Kier molecular flexibility index (Phi) is 5.15. The number of halogens is 3. The van der Waals surface area contributed by atoms with Crippen molar-refractivity contribution >= 4 is 68.1 Å². The normalized spacial score (nSPS) is 13.4. The Hall–Kier alpha value is -3.35. The third-order valence-electron chi connectivity index (χ3n) is 4.98. The van der Waals surface area contributed by atoms with E-state index < -0.39 is 38.9 Å². The molecule has 3 aromatic heterocycles. The molecule has 8 nitrogen and oxygen atoms in total. The number of aromatic amines is 1. The van der Waals surface area contributed by atoms with Gasteiger partial charge >= 0.3 is 10.2 Å². The van der Waals surface area contributed by atoms with Crippen molar-refractivity contribution < 1.29 is 22.0 Å². The number of ketones is 1. The minimum absolute atomic E-state index is 0.00221. The van der Waals surface area contributed by atoms with E-state index in [2.05, 4.69) is 19.1 Å². The van der Waals surface area contributed by atoms with E-state index in [1.807, 2.05) is 0 Å². The number of carbonyl (C=O) groups excluding carboxylic acids is 1. The fraction of sp³-hybridized carbons (Fsp3) is 0.0500. The number of nitrogens with zero attached hydrogens (tertiary/aromatic N) is 3. The first kappa shape index (κ1) is 21.5. The molecular weight excluding hydrogens is 496 g/mol. The first-order valence-corrected chi connectivity index (χ1v) is 11.9. The number of rotatable bonds is 5. The summed E-state index contributed by atoms with van der Waals surface area (Å²) in [5.41, 5.74) is -1.23. The Morgan fingerprint density at radius 3 is 2.91 bits per heavy atom. The molecule has 0 radical (unpaired) electrons. The van der Waals surface area contributed by atoms with Gasteiger partial charge in [-0.05, 0) is 35.8 Å². The standard InChI is InChI=1S/C20H12ClF2N5O3S2/c21-11-5-12-13(8-25-20(12)24-7-11)19(29)17-14(22)1-2-15(18(17)23)27-33(30,31)28-4-3-16-10(9-28)6-26-32-16/h1-3,5-9,27H,4H2,(H,24,25). The number of H-pyrrole nitrogens is 1. The first-order chi connectivity index (χ1) is 15.7. The predicted octanol–water partition coefficient (Wildman–Crippen LogP) is 2.37. The van der Waals surface area contributed by atoms with Crippen LogP contribution in [0.4, 0.5) is 14.5 Å². The third kappa shape index (κ3) is 3.75. The van der Waals surface area contributed by atoms with Crippen molar-refractivity contribution in [1.29, 1.82) is 0 Å². The maximum absolute atomic E-state index is 15.3. The van der Waals surface area contributed by atoms with Gasteiger partial charge in [0.15, 0.2) is 5.82 Å². The number of hydrogen-bond acceptors (Lipinski definition) is 6. The average Bonchev–Trinajstić information content (AvgIpc) is 3.41. The molecule has 0 fully saturated rings. The predicted molar refractivity (Wildman–Crippen MR) is 120 cm³/mol. The molecule has 0 bridgehead atoms. The van der Waals surface area contributed by atoms with Crippen LogP contribution in [0.15, 0.2) is 36.8 Å². The first-order valence-electron chi connectivity index (χ1n) is 9.32. The molecule has 168 valence electrons. The number of benzene rings is 1. The molecule has 1 aliphatic heterocycles. The Balaban J connectivity index is 1.52. The van der Waals surface area contributed by atoms with Crippen LogP contribution in [0, 0.1) is 11.6 Å². The van der Waals surface area contributed by atoms with Gasteiger partial charge in [0.2, 0.25) is 5.78 Å². The zero-order valence-electron chi connectivity index (χ0n) is 16.3. The highest BCUT2D eigenvalue weighted by Crippen LogP contribution is 2.28. The summed E-state index contributed by atoms with van der Waals surface area (Å²) in [5, 5.41) is 1.10. The van der Waals surface area contributed by atoms with E-state index in [0.29, 0.717) is 10.9 Å². The van der Waals surface area contributed by atoms with Crippen LogP contribution >= 0.6 is 23.1 Å². The summed E-state index contributed by atoms with van der Waals surface area (Å²) in [4.78, 5) is 19.8. The lowest BCUT2D eigenvalue weighted by Crippen LogP contribution is -2.39. The van der Waals surface area contributed by atoms with E-state index in [1.165, 1.54) is 42.4 Å². The SMILES string of the molecule is O=C(c1c(F)ccc(NS(=O)(=O)N2C=c3cnsc3=CC2)c1F)c1c[nH]c2ncc(Cl)cc12. The lowest BCUT2D eigenvalue weighted by molar-refractivity contribution is 0.103. The van der Waals surface area contributed by atoms with Gasteiger partial charge in [-0.2, -0.15) is 12.8 Å². The molecule has 0 amide bonds. The summed E-state index contributed by atoms with van der Waals surface area (Å²) in [5.74, 6) is -3.48. The zero-order chi connectivity index (χ0) is 23.3. The molecule has 4 aromatic rings. The van der Waals surface area contributed by atoms with Crippen molar-refractivity contribution in [3.8, 4) is 0 Å². The van der Waals surface area contributed by atoms with Crippen LogP contribution in [-0.4, -0.2) is 39.4 Å². The largest absolute Gasteiger partial charge is 0.345 e. The molecule has 0 aliphatic carbocycles. The second-order valence-electron chi connectivity index (χ2n) is 7.02. The highest BCUT2D eigenvalue weighted by atomic mass is 35.5. The van der Waals surface area contributed by atoms with Crippen molar-refractivity contribution in [2.75, 3.05) is 11.3 Å². The van der Waals surface area contributed by atoms with Crippen molar-refractivity contribution in [2.45, 2.75) is 0 Å². The third-order valence-corrected chi connectivity index (χ3v) is 7.34. The zero-order valence-corrected chi connectivity index (χ0v) is 18.7. The Morgan fingerprint density at radius 1 is 1.27 bits per heavy atom. The van der Waals surface area contributed by atoms with Crippen LogP contribution in [0.2, 0.25) is 5.02 Å². The van der Waals surface area contributed by atoms with E-state index in [0.717, 1.165) is 21.0 Å². The van der Waals surface area contributed by atoms with Crippen LogP contribution in [0.5, 0.6) is 0 Å². The van der Waals surface area contributed by atoms with Crippen LogP contribution < -0.4 is 14.5 Å². The average molecular weight is 508 g/mol. The molecule has 0 spiro atoms. The highest BCUT2D eigenvalue weighted by Gasteiger charge is 2.27. The van der Waals surface area contributed by atoms with Crippen LogP contribution in [0.1, 0.15) is 15.9 Å². The minimum atomic E-state index is -4.26. The molecule has 0 saturated heterocycles. The van der Waals surface area contributed by atoms with Gasteiger partial charge in [-0.15, -0.1) is 0 Å². The maximum Gasteiger partial charge on any atom is 0.323 e. The van der Waals surface area contributed by atoms with E-state index in [-0.39, 0.29) is 22.5 Å². The summed E-state index contributed by atoms with van der Waals surface area (Å²) >= 11 is 7.15. The summed E-state index contributed by atoms with van der Waals surface area (Å²) < 4.78 is 63.3. The van der Waals surface area contributed by atoms with Crippen molar-refractivity contribution in [2.24, 2.45) is 0 Å². The van der Waals surface area contributed by atoms with E-state index in [4.69, 9.17) is 11.6 Å². The second kappa shape index (κ2) is 7.90. The highest BCUT2D eigenvalue weighted by molar-refractivity contribution is 7.90. The maximum atomic E-state index is 15.3. The summed E-state index contributed by atoms with van der Waals surface area (Å²) in [7, 11) is -4.26. The van der Waals surface area contributed by atoms with Gasteiger partial charge in [0, 0.05) is 34.8 Å². The summed E-state index contributed by atoms with van der Waals surface area (Å²) in [6.07, 6.45) is 7.15. The lowest BCUT2D eigenvalue weighted by atomic mass is 10.0. The quantitative estimate of drug-likeness (QED) is 0.403. The molecule has 33 heavy (non-hydrogen) atoms. The molecule has 0 atom stereocenters. The number of aromatic nitrogens is 3. The van der Waals surface area contributed by atoms with E-state index in [1.54, 1.807) is 6.08 Å². The number of pyridine rings is 1. The van der Waals surface area contributed by atoms with E-state index >= 15 is 4.39 Å². The lowest BCUT2D eigenvalue weighted by Gasteiger charge is -2.21. The molecule has 1 aromatic carbocycles. The Bertz CT molecular complexity index is 1670. The van der Waals surface area contributed by atoms with Crippen molar-refractivity contribution in [3.63, 3.8) is 0 Å². The molecular formula is C20H12ClF2N5O3S2. The smallest absolute Gasteiger partial charge is 0.323 e. The topological polar surface area (TPSA) is 108 Å². The fourth-order valence-electron chi connectivity index (χ4n) is 3.39. The summed E-state index contributed by atoms with van der Waals surface area (Å²) in [6, 6.07) is 3.17. The van der Waals surface area contributed by atoms with Gasteiger partial charge in [0.1, 0.15) is 11.5 Å². The molecule has 13 heteroatoms. The Morgan fingerprint density at radius 2 is 2.09 bits per heavy atom. The van der Waals surface area contributed by atoms with Crippen molar-refractivity contribution in [3.05, 3.63) is 74.3 Å². The van der Waals surface area contributed by atoms with Gasteiger partial charge in [0.05, 0.1) is 33.5 Å². The molecule has 1 aliphatic rings. The molecule has 5 rings (SSSR count). The second-order valence-corrected chi connectivity index (χ2v) is 9.91. The Labute approximate surface area is 194 Å². The number of hydrogen-bond donors (Lipinski definition) is 2. The van der Waals surface area contributed by atoms with Crippen molar-refractivity contribution in [1.82, 2.24) is 18.6 Å². The number of nitrogens with one attached hydrogen (secondary N) is 2. The van der Waals surface area contributed by atoms with E-state index in [9.17, 15) is 17.6 Å². The van der Waals surface area contributed by atoms with Gasteiger partial charge < -0.3 is 4.98 Å². The van der Waals surface area contributed by atoms with Crippen LogP contribution in [0.25, 0.3) is 23.3 Å². The van der Waals surface area contributed by atoms with Gasteiger partial charge in [-0.25, -0.2) is 13.8 Å². The van der Waals surface area contributed by atoms with Crippen LogP contribution in [-0.2, 0) is 10.2 Å². The van der Waals surface area contributed by atoms with Crippen LogP contribution in [0.3, 0.4) is 0 Å². The summed E-state index contributed by atoms with van der Waals surface area (Å²) in [6.45, 7) is 0.00221. The molecule has 2 N–H and O–H groups in total. The monoisotopic (exact) mass is 507 g/mol. The molecule has 0 unspecified atom stereocenters. The number of fused-ring (bicyclic) bond motifs is 2. The van der Waals surface area contributed by atoms with Gasteiger partial charge in [-0.3, -0.25) is 13.8 Å². The molecule has 0 saturated carbocycles.